The van der Waals surface area contributed by atoms with Gasteiger partial charge in [0.05, 0.1) is 12.7 Å². The second kappa shape index (κ2) is 9.09. The van der Waals surface area contributed by atoms with Crippen LogP contribution in [0.5, 0.6) is 17.2 Å². The zero-order valence-corrected chi connectivity index (χ0v) is 15.0. The van der Waals surface area contributed by atoms with Crippen LogP contribution in [0.1, 0.15) is 38.2 Å². The van der Waals surface area contributed by atoms with Crippen LogP contribution >= 0.6 is 0 Å². The van der Waals surface area contributed by atoms with Gasteiger partial charge in [0.15, 0.2) is 0 Å². The molecule has 0 radical (unpaired) electrons. The number of ether oxygens (including phenoxy) is 3. The Balaban J connectivity index is 1.50. The first-order chi connectivity index (χ1) is 12.7. The predicted octanol–water partition coefficient (Wildman–Crippen LogP) is 5.03. The van der Waals surface area contributed by atoms with Crippen molar-refractivity contribution >= 4 is 12.0 Å². The third-order valence-corrected chi connectivity index (χ3v) is 4.25. The van der Waals surface area contributed by atoms with E-state index >= 15 is 0 Å². The molecular formula is C22H24O4. The lowest BCUT2D eigenvalue weighted by molar-refractivity contribution is -0.128. The fourth-order valence-electron chi connectivity index (χ4n) is 2.94. The van der Waals surface area contributed by atoms with E-state index in [1.165, 1.54) is 18.9 Å². The van der Waals surface area contributed by atoms with E-state index in [1.54, 1.807) is 18.2 Å². The van der Waals surface area contributed by atoms with Gasteiger partial charge in [-0.15, -0.1) is 0 Å². The summed E-state index contributed by atoms with van der Waals surface area (Å²) in [5, 5.41) is 0. The lowest BCUT2D eigenvalue weighted by Gasteiger charge is -2.13. The van der Waals surface area contributed by atoms with Crippen molar-refractivity contribution < 1.29 is 19.0 Å². The summed E-state index contributed by atoms with van der Waals surface area (Å²) < 4.78 is 16.6. The van der Waals surface area contributed by atoms with Crippen molar-refractivity contribution in [3.05, 3.63) is 60.2 Å². The van der Waals surface area contributed by atoms with Gasteiger partial charge in [-0.05, 0) is 80.6 Å². The third kappa shape index (κ3) is 5.38. The molecule has 136 valence electrons. The van der Waals surface area contributed by atoms with Gasteiger partial charge in [-0.3, -0.25) is 0 Å². The molecule has 0 unspecified atom stereocenters. The van der Waals surface area contributed by atoms with Gasteiger partial charge in [0, 0.05) is 6.08 Å². The highest BCUT2D eigenvalue weighted by Crippen LogP contribution is 2.25. The molecule has 2 aromatic carbocycles. The fourth-order valence-corrected chi connectivity index (χ4v) is 2.94. The van der Waals surface area contributed by atoms with Gasteiger partial charge in [0.2, 0.25) is 0 Å². The van der Waals surface area contributed by atoms with Crippen LogP contribution in [0, 0.1) is 0 Å². The number of esters is 1. The van der Waals surface area contributed by atoms with E-state index in [2.05, 4.69) is 0 Å². The van der Waals surface area contributed by atoms with E-state index in [1.807, 2.05) is 43.3 Å². The van der Waals surface area contributed by atoms with E-state index in [9.17, 15) is 4.79 Å². The number of hydrogen-bond donors (Lipinski definition) is 0. The molecular weight excluding hydrogens is 328 g/mol. The first kappa shape index (κ1) is 18.1. The average molecular weight is 352 g/mol. The summed E-state index contributed by atoms with van der Waals surface area (Å²) in [7, 11) is 0. The van der Waals surface area contributed by atoms with E-state index in [-0.39, 0.29) is 0 Å². The lowest BCUT2D eigenvalue weighted by Crippen LogP contribution is -2.10. The van der Waals surface area contributed by atoms with Crippen LogP contribution in [0.4, 0.5) is 0 Å². The van der Waals surface area contributed by atoms with E-state index < -0.39 is 5.97 Å². The zero-order valence-electron chi connectivity index (χ0n) is 15.0. The minimum absolute atomic E-state index is 0.320. The number of rotatable bonds is 7. The molecule has 0 N–H and O–H groups in total. The molecule has 1 aliphatic carbocycles. The molecule has 2 aromatic rings. The molecule has 0 atom stereocenters. The Morgan fingerprint density at radius 1 is 0.962 bits per heavy atom. The SMILES string of the molecule is CCOc1ccc(C=CC(=O)Oc2ccc(OC3CCCC3)cc2)cc1. The maximum Gasteiger partial charge on any atom is 0.336 e. The van der Waals surface area contributed by atoms with Crippen LogP contribution in [0.3, 0.4) is 0 Å². The largest absolute Gasteiger partial charge is 0.494 e. The van der Waals surface area contributed by atoms with Gasteiger partial charge in [-0.25, -0.2) is 4.79 Å². The van der Waals surface area contributed by atoms with Crippen molar-refractivity contribution in [3.63, 3.8) is 0 Å². The molecule has 0 aromatic heterocycles. The lowest BCUT2D eigenvalue weighted by atomic mass is 10.2. The topological polar surface area (TPSA) is 44.8 Å². The summed E-state index contributed by atoms with van der Waals surface area (Å²) in [4.78, 5) is 12.0. The Labute approximate surface area is 154 Å². The standard InChI is InChI=1S/C22H24O4/c1-2-24-18-10-7-17(8-11-18)9-16-22(23)26-21-14-12-20(13-15-21)25-19-5-3-4-6-19/h7-16,19H,2-6H2,1H3. The molecule has 3 rings (SSSR count). The molecule has 1 aliphatic rings. The van der Waals surface area contributed by atoms with Crippen LogP contribution in [0.2, 0.25) is 0 Å². The quantitative estimate of drug-likeness (QED) is 0.398. The Hall–Kier alpha value is -2.75. The van der Waals surface area contributed by atoms with Crippen molar-refractivity contribution in [2.24, 2.45) is 0 Å². The molecule has 0 spiro atoms. The van der Waals surface area contributed by atoms with Crippen molar-refractivity contribution in [1.29, 1.82) is 0 Å². The van der Waals surface area contributed by atoms with Gasteiger partial charge in [0.25, 0.3) is 0 Å². The normalized spacial score (nSPS) is 14.5. The second-order valence-corrected chi connectivity index (χ2v) is 6.25. The van der Waals surface area contributed by atoms with Crippen LogP contribution in [-0.4, -0.2) is 18.7 Å². The highest BCUT2D eigenvalue weighted by Gasteiger charge is 2.16. The van der Waals surface area contributed by atoms with Crippen LogP contribution in [-0.2, 0) is 4.79 Å². The Morgan fingerprint density at radius 2 is 1.58 bits per heavy atom. The molecule has 4 heteroatoms. The summed E-state index contributed by atoms with van der Waals surface area (Å²) in [6.45, 7) is 2.57. The minimum Gasteiger partial charge on any atom is -0.494 e. The maximum atomic E-state index is 12.0. The Bertz CT molecular complexity index is 726. The van der Waals surface area contributed by atoms with Crippen molar-refractivity contribution in [3.8, 4) is 17.2 Å². The number of benzene rings is 2. The summed E-state index contributed by atoms with van der Waals surface area (Å²) in [5.41, 5.74) is 0.908. The van der Waals surface area contributed by atoms with Crippen molar-refractivity contribution in [2.75, 3.05) is 6.61 Å². The predicted molar refractivity (Wildman–Crippen MR) is 102 cm³/mol. The molecule has 26 heavy (non-hydrogen) atoms. The first-order valence-corrected chi connectivity index (χ1v) is 9.12. The van der Waals surface area contributed by atoms with E-state index in [4.69, 9.17) is 14.2 Å². The fraction of sp³-hybridized carbons (Fsp3) is 0.318. The summed E-state index contributed by atoms with van der Waals surface area (Å²) in [6, 6.07) is 14.7. The van der Waals surface area contributed by atoms with Crippen molar-refractivity contribution in [1.82, 2.24) is 0 Å². The molecule has 0 saturated heterocycles. The molecule has 0 heterocycles. The second-order valence-electron chi connectivity index (χ2n) is 6.25. The maximum absolute atomic E-state index is 12.0. The van der Waals surface area contributed by atoms with Gasteiger partial charge < -0.3 is 14.2 Å². The zero-order chi connectivity index (χ0) is 18.2. The van der Waals surface area contributed by atoms with Gasteiger partial charge >= 0.3 is 5.97 Å². The van der Waals surface area contributed by atoms with Crippen molar-refractivity contribution in [2.45, 2.75) is 38.7 Å². The molecule has 1 saturated carbocycles. The smallest absolute Gasteiger partial charge is 0.336 e. The summed E-state index contributed by atoms with van der Waals surface area (Å²) in [6.07, 6.45) is 8.16. The highest BCUT2D eigenvalue weighted by atomic mass is 16.5. The van der Waals surface area contributed by atoms with Gasteiger partial charge in [-0.2, -0.15) is 0 Å². The number of carbonyl (C=O) groups is 1. The molecule has 4 nitrogen and oxygen atoms in total. The molecule has 0 bridgehead atoms. The van der Waals surface area contributed by atoms with Crippen LogP contribution < -0.4 is 14.2 Å². The van der Waals surface area contributed by atoms with Crippen LogP contribution in [0.15, 0.2) is 54.6 Å². The molecule has 0 aliphatic heterocycles. The monoisotopic (exact) mass is 352 g/mol. The van der Waals surface area contributed by atoms with Gasteiger partial charge in [-0.1, -0.05) is 12.1 Å². The Kier molecular flexibility index (Phi) is 6.31. The Morgan fingerprint density at radius 3 is 2.23 bits per heavy atom. The van der Waals surface area contributed by atoms with Gasteiger partial charge in [0.1, 0.15) is 17.2 Å². The number of carbonyl (C=O) groups excluding carboxylic acids is 1. The summed E-state index contributed by atoms with van der Waals surface area (Å²) in [5.74, 6) is 1.72. The minimum atomic E-state index is -0.414. The van der Waals surface area contributed by atoms with E-state index in [0.29, 0.717) is 18.5 Å². The van der Waals surface area contributed by atoms with E-state index in [0.717, 1.165) is 29.9 Å². The van der Waals surface area contributed by atoms with Crippen LogP contribution in [0.25, 0.3) is 6.08 Å². The molecule has 1 fully saturated rings. The third-order valence-electron chi connectivity index (χ3n) is 4.25. The average Bonchev–Trinajstić information content (AvgIpc) is 3.16. The molecule has 0 amide bonds. The summed E-state index contributed by atoms with van der Waals surface area (Å²) >= 11 is 0. The first-order valence-electron chi connectivity index (χ1n) is 9.12. The highest BCUT2D eigenvalue weighted by molar-refractivity contribution is 5.88. The number of hydrogen-bond acceptors (Lipinski definition) is 4.